The molecule has 3 aliphatic rings. The van der Waals surface area contributed by atoms with Gasteiger partial charge in [0, 0.05) is 69.9 Å². The topological polar surface area (TPSA) is 55.9 Å². The number of piperidine rings is 2. The van der Waals surface area contributed by atoms with Gasteiger partial charge in [0.25, 0.3) is 0 Å². The van der Waals surface area contributed by atoms with Gasteiger partial charge in [0.15, 0.2) is 0 Å². The van der Waals surface area contributed by atoms with E-state index in [4.69, 9.17) is 0 Å². The zero-order chi connectivity index (χ0) is 20.4. The lowest BCUT2D eigenvalue weighted by Gasteiger charge is -2.48. The summed E-state index contributed by atoms with van der Waals surface area (Å²) in [5.74, 6) is 0.454. The molecular formula is C23H34N4O2. The number of carbonyl (C=O) groups is 2. The van der Waals surface area contributed by atoms with Crippen molar-refractivity contribution < 1.29 is 9.59 Å². The first-order valence-electron chi connectivity index (χ1n) is 11.1. The monoisotopic (exact) mass is 398 g/mol. The number of anilines is 1. The van der Waals surface area contributed by atoms with Crippen LogP contribution in [0.5, 0.6) is 0 Å². The van der Waals surface area contributed by atoms with E-state index in [9.17, 15) is 9.59 Å². The summed E-state index contributed by atoms with van der Waals surface area (Å²) in [5.41, 5.74) is 2.24. The number of nitrogens with one attached hydrogen (secondary N) is 1. The Morgan fingerprint density at radius 1 is 1.14 bits per heavy atom. The van der Waals surface area contributed by atoms with Crippen LogP contribution in [-0.4, -0.2) is 70.8 Å². The Hall–Kier alpha value is -2.08. The second-order valence-electron chi connectivity index (χ2n) is 8.92. The molecule has 2 amide bonds. The molecule has 6 heteroatoms. The Morgan fingerprint density at radius 2 is 1.83 bits per heavy atom. The van der Waals surface area contributed by atoms with Gasteiger partial charge in [0.1, 0.15) is 0 Å². The zero-order valence-electron chi connectivity index (χ0n) is 17.8. The summed E-state index contributed by atoms with van der Waals surface area (Å²) in [6.07, 6.45) is 4.66. The molecule has 6 nitrogen and oxygen atoms in total. The zero-order valence-corrected chi connectivity index (χ0v) is 17.8. The van der Waals surface area contributed by atoms with Crippen molar-refractivity contribution in [2.24, 2.45) is 0 Å². The van der Waals surface area contributed by atoms with Gasteiger partial charge in [-0.25, -0.2) is 0 Å². The number of amides is 2. The smallest absolute Gasteiger partial charge is 0.225 e. The number of rotatable bonds is 2. The average molecular weight is 399 g/mol. The first kappa shape index (κ1) is 20.2. The number of benzene rings is 1. The van der Waals surface area contributed by atoms with Crippen LogP contribution in [0, 0.1) is 0 Å². The maximum atomic E-state index is 13.0. The molecule has 0 radical (unpaired) electrons. The molecule has 2 saturated heterocycles. The molecule has 1 aromatic carbocycles. The fourth-order valence-corrected chi connectivity index (χ4v) is 5.26. The lowest BCUT2D eigenvalue weighted by atomic mass is 9.81. The van der Waals surface area contributed by atoms with Gasteiger partial charge in [-0.05, 0) is 44.2 Å². The lowest BCUT2D eigenvalue weighted by Crippen LogP contribution is -2.56. The first-order valence-corrected chi connectivity index (χ1v) is 11.1. The van der Waals surface area contributed by atoms with Gasteiger partial charge < -0.3 is 20.0 Å². The van der Waals surface area contributed by atoms with Crippen molar-refractivity contribution in [3.63, 3.8) is 0 Å². The fraction of sp³-hybridized carbons (Fsp3) is 0.652. The van der Waals surface area contributed by atoms with E-state index in [0.717, 1.165) is 58.4 Å². The molecule has 0 aromatic heterocycles. The van der Waals surface area contributed by atoms with Crippen LogP contribution in [0.4, 0.5) is 5.69 Å². The van der Waals surface area contributed by atoms with E-state index in [-0.39, 0.29) is 17.4 Å². The minimum Gasteiger partial charge on any atom is -0.379 e. The third-order valence-corrected chi connectivity index (χ3v) is 7.18. The van der Waals surface area contributed by atoms with Crippen LogP contribution in [0.15, 0.2) is 24.3 Å². The minimum absolute atomic E-state index is 0.155. The molecule has 4 rings (SSSR count). The molecule has 0 saturated carbocycles. The SMILES string of the molecule is CCN1Cc2ccccc2NC2(CCN(C3CCN(C(C)=O)CC3)CC2)CC1=O. The van der Waals surface area contributed by atoms with Crippen LogP contribution < -0.4 is 5.32 Å². The summed E-state index contributed by atoms with van der Waals surface area (Å²) in [6.45, 7) is 8.95. The minimum atomic E-state index is -0.155. The van der Waals surface area contributed by atoms with Crippen molar-refractivity contribution in [2.45, 2.75) is 64.1 Å². The van der Waals surface area contributed by atoms with E-state index in [0.29, 0.717) is 19.0 Å². The van der Waals surface area contributed by atoms with E-state index in [2.05, 4.69) is 41.4 Å². The Morgan fingerprint density at radius 3 is 2.48 bits per heavy atom. The summed E-state index contributed by atoms with van der Waals surface area (Å²) in [7, 11) is 0. The van der Waals surface area contributed by atoms with Gasteiger partial charge >= 0.3 is 0 Å². The highest BCUT2D eigenvalue weighted by molar-refractivity contribution is 5.79. The summed E-state index contributed by atoms with van der Waals surface area (Å²) < 4.78 is 0. The van der Waals surface area contributed by atoms with E-state index in [1.807, 2.05) is 9.80 Å². The van der Waals surface area contributed by atoms with E-state index < -0.39 is 0 Å². The van der Waals surface area contributed by atoms with Crippen LogP contribution >= 0.6 is 0 Å². The molecular weight excluding hydrogens is 364 g/mol. The quantitative estimate of drug-likeness (QED) is 0.832. The molecule has 29 heavy (non-hydrogen) atoms. The highest BCUT2D eigenvalue weighted by Gasteiger charge is 2.41. The molecule has 0 aliphatic carbocycles. The predicted molar refractivity (Wildman–Crippen MR) is 115 cm³/mol. The first-order chi connectivity index (χ1) is 14.0. The molecule has 1 spiro atoms. The van der Waals surface area contributed by atoms with E-state index in [1.165, 1.54) is 11.3 Å². The molecule has 3 heterocycles. The van der Waals surface area contributed by atoms with E-state index >= 15 is 0 Å². The lowest BCUT2D eigenvalue weighted by molar-refractivity contribution is -0.133. The Bertz CT molecular complexity index is 749. The number of para-hydroxylation sites is 1. The highest BCUT2D eigenvalue weighted by Crippen LogP contribution is 2.36. The normalized spacial score (nSPS) is 23.3. The molecule has 2 fully saturated rings. The molecule has 1 N–H and O–H groups in total. The molecule has 0 atom stereocenters. The molecule has 3 aliphatic heterocycles. The average Bonchev–Trinajstić information content (AvgIpc) is 2.72. The van der Waals surface area contributed by atoms with Crippen molar-refractivity contribution in [2.75, 3.05) is 38.0 Å². The second-order valence-corrected chi connectivity index (χ2v) is 8.92. The molecule has 158 valence electrons. The predicted octanol–water partition coefficient (Wildman–Crippen LogP) is 2.70. The Labute approximate surface area is 174 Å². The van der Waals surface area contributed by atoms with Crippen molar-refractivity contribution in [3.05, 3.63) is 29.8 Å². The maximum absolute atomic E-state index is 13.0. The van der Waals surface area contributed by atoms with Gasteiger partial charge in [0.05, 0.1) is 0 Å². The second kappa shape index (κ2) is 8.34. The van der Waals surface area contributed by atoms with E-state index in [1.54, 1.807) is 6.92 Å². The summed E-state index contributed by atoms with van der Waals surface area (Å²) in [5, 5.41) is 3.81. The summed E-state index contributed by atoms with van der Waals surface area (Å²) in [4.78, 5) is 31.1. The van der Waals surface area contributed by atoms with Gasteiger partial charge in [-0.2, -0.15) is 0 Å². The number of nitrogens with zero attached hydrogens (tertiary/aromatic N) is 3. The van der Waals surface area contributed by atoms with Crippen LogP contribution in [0.2, 0.25) is 0 Å². The van der Waals surface area contributed by atoms with Gasteiger partial charge in [-0.3, -0.25) is 9.59 Å². The van der Waals surface area contributed by atoms with Crippen LogP contribution in [-0.2, 0) is 16.1 Å². The number of carbonyl (C=O) groups excluding carboxylic acids is 2. The van der Waals surface area contributed by atoms with Crippen molar-refractivity contribution >= 4 is 17.5 Å². The number of fused-ring (bicyclic) bond motifs is 1. The maximum Gasteiger partial charge on any atom is 0.225 e. The fourth-order valence-electron chi connectivity index (χ4n) is 5.26. The standard InChI is InChI=1S/C23H34N4O2/c1-3-25-17-19-6-4-5-7-21(19)24-23(16-22(25)29)10-14-27(15-11-23)20-8-12-26(13-9-20)18(2)28/h4-7,20,24H,3,8-17H2,1-2H3. The third-order valence-electron chi connectivity index (χ3n) is 7.18. The Balaban J connectivity index is 1.45. The van der Waals surface area contributed by atoms with Gasteiger partial charge in [-0.1, -0.05) is 18.2 Å². The van der Waals surface area contributed by atoms with Crippen LogP contribution in [0.3, 0.4) is 0 Å². The molecule has 0 unspecified atom stereocenters. The van der Waals surface area contributed by atoms with Crippen molar-refractivity contribution in [1.82, 2.24) is 14.7 Å². The van der Waals surface area contributed by atoms with Crippen molar-refractivity contribution in [1.29, 1.82) is 0 Å². The highest BCUT2D eigenvalue weighted by atomic mass is 16.2. The molecule has 1 aromatic rings. The Kier molecular flexibility index (Phi) is 5.81. The summed E-state index contributed by atoms with van der Waals surface area (Å²) >= 11 is 0. The van der Waals surface area contributed by atoms with Crippen LogP contribution in [0.1, 0.15) is 51.5 Å². The third kappa shape index (κ3) is 4.27. The largest absolute Gasteiger partial charge is 0.379 e. The summed E-state index contributed by atoms with van der Waals surface area (Å²) in [6, 6.07) is 8.99. The van der Waals surface area contributed by atoms with Gasteiger partial charge in [0.2, 0.25) is 11.8 Å². The van der Waals surface area contributed by atoms with Crippen molar-refractivity contribution in [3.8, 4) is 0 Å². The van der Waals surface area contributed by atoms with Gasteiger partial charge in [-0.15, -0.1) is 0 Å². The number of hydrogen-bond acceptors (Lipinski definition) is 4. The number of hydrogen-bond donors (Lipinski definition) is 1. The molecule has 0 bridgehead atoms. The van der Waals surface area contributed by atoms with Crippen LogP contribution in [0.25, 0.3) is 0 Å². The number of likely N-dealkylation sites (tertiary alicyclic amines) is 2.